The quantitative estimate of drug-likeness (QED) is 0.741. The average Bonchev–Trinajstić information content (AvgIpc) is 2.45. The van der Waals surface area contributed by atoms with Crippen molar-refractivity contribution in [1.82, 2.24) is 0 Å². The van der Waals surface area contributed by atoms with E-state index in [-0.39, 0.29) is 5.97 Å². The van der Waals surface area contributed by atoms with Crippen molar-refractivity contribution in [3.63, 3.8) is 0 Å². The number of methoxy groups -OCH3 is 1. The van der Waals surface area contributed by atoms with Crippen molar-refractivity contribution >= 4 is 27.6 Å². The molecule has 0 aliphatic carbocycles. The summed E-state index contributed by atoms with van der Waals surface area (Å²) in [5.41, 5.74) is -0.136. The van der Waals surface area contributed by atoms with Crippen LogP contribution in [0.15, 0.2) is 22.7 Å². The van der Waals surface area contributed by atoms with Gasteiger partial charge in [-0.2, -0.15) is 13.2 Å². The molecule has 7 heteroatoms. The molecule has 0 N–H and O–H groups in total. The fraction of sp³-hybridized carbons (Fsp3) is 0.500. The van der Waals surface area contributed by atoms with Gasteiger partial charge in [-0.15, -0.1) is 0 Å². The first-order chi connectivity index (χ1) is 9.84. The van der Waals surface area contributed by atoms with Crippen LogP contribution in [0.25, 0.3) is 0 Å². The first kappa shape index (κ1) is 16.1. The van der Waals surface area contributed by atoms with Crippen molar-refractivity contribution in [3.05, 3.63) is 28.2 Å². The molecule has 1 fully saturated rings. The van der Waals surface area contributed by atoms with Crippen LogP contribution >= 0.6 is 15.9 Å². The summed E-state index contributed by atoms with van der Waals surface area (Å²) in [6.07, 6.45) is -1.96. The Balaban J connectivity index is 2.33. The molecule has 1 aromatic rings. The van der Waals surface area contributed by atoms with E-state index in [0.29, 0.717) is 23.1 Å². The highest BCUT2D eigenvalue weighted by Crippen LogP contribution is 2.37. The molecule has 1 unspecified atom stereocenters. The Labute approximate surface area is 129 Å². The lowest BCUT2D eigenvalue weighted by Gasteiger charge is -2.36. The zero-order chi connectivity index (χ0) is 15.6. The van der Waals surface area contributed by atoms with Gasteiger partial charge in [0.2, 0.25) is 0 Å². The normalized spacial score (nSPS) is 19.5. The van der Waals surface area contributed by atoms with E-state index in [1.807, 2.05) is 0 Å². The lowest BCUT2D eigenvalue weighted by Crippen LogP contribution is -2.45. The number of hydrogen-bond donors (Lipinski definition) is 0. The Kier molecular flexibility index (Phi) is 4.81. The molecule has 1 saturated heterocycles. The summed E-state index contributed by atoms with van der Waals surface area (Å²) in [4.78, 5) is 13.6. The minimum Gasteiger partial charge on any atom is -0.467 e. The predicted octanol–water partition coefficient (Wildman–Crippen LogP) is 4.00. The van der Waals surface area contributed by atoms with Gasteiger partial charge in [-0.25, -0.2) is 4.79 Å². The minimum atomic E-state index is -4.38. The van der Waals surface area contributed by atoms with Crippen molar-refractivity contribution in [3.8, 4) is 0 Å². The molecule has 0 saturated carbocycles. The van der Waals surface area contributed by atoms with Gasteiger partial charge in [0, 0.05) is 11.0 Å². The van der Waals surface area contributed by atoms with Crippen molar-refractivity contribution in [2.75, 3.05) is 18.6 Å². The minimum absolute atomic E-state index is 0.327. The third-order valence-electron chi connectivity index (χ3n) is 3.56. The molecule has 1 aliphatic heterocycles. The highest BCUT2D eigenvalue weighted by molar-refractivity contribution is 9.10. The van der Waals surface area contributed by atoms with Crippen LogP contribution in [0.4, 0.5) is 18.9 Å². The highest BCUT2D eigenvalue weighted by atomic mass is 79.9. The van der Waals surface area contributed by atoms with E-state index < -0.39 is 17.8 Å². The topological polar surface area (TPSA) is 29.5 Å². The second-order valence-corrected chi connectivity index (χ2v) is 5.75. The van der Waals surface area contributed by atoms with Crippen LogP contribution in [0.2, 0.25) is 0 Å². The van der Waals surface area contributed by atoms with E-state index in [1.165, 1.54) is 13.2 Å². The van der Waals surface area contributed by atoms with Gasteiger partial charge in [-0.3, -0.25) is 0 Å². The standard InChI is InChI=1S/C14H15BrF3NO2/c1-21-13(20)12-4-2-3-7-19(12)11-6-5-9(8-10(11)15)14(16,17)18/h5-6,8,12H,2-4,7H2,1H3. The number of rotatable bonds is 2. The van der Waals surface area contributed by atoms with Gasteiger partial charge < -0.3 is 9.64 Å². The van der Waals surface area contributed by atoms with Crippen LogP contribution in [0.5, 0.6) is 0 Å². The van der Waals surface area contributed by atoms with Crippen LogP contribution in [0, 0.1) is 0 Å². The maximum atomic E-state index is 12.7. The second kappa shape index (κ2) is 6.25. The molecule has 0 bridgehead atoms. The average molecular weight is 366 g/mol. The molecule has 3 nitrogen and oxygen atoms in total. The predicted molar refractivity (Wildman–Crippen MR) is 76.1 cm³/mol. The van der Waals surface area contributed by atoms with E-state index >= 15 is 0 Å². The number of carbonyl (C=O) groups is 1. The highest BCUT2D eigenvalue weighted by Gasteiger charge is 2.34. The molecular weight excluding hydrogens is 351 g/mol. The van der Waals surface area contributed by atoms with Crippen LogP contribution < -0.4 is 4.90 Å². The number of carbonyl (C=O) groups excluding carboxylic acids is 1. The molecule has 21 heavy (non-hydrogen) atoms. The number of hydrogen-bond acceptors (Lipinski definition) is 3. The molecule has 1 atom stereocenters. The number of piperidine rings is 1. The van der Waals surface area contributed by atoms with Gasteiger partial charge in [0.1, 0.15) is 6.04 Å². The Morgan fingerprint density at radius 3 is 2.67 bits per heavy atom. The van der Waals surface area contributed by atoms with Gasteiger partial charge >= 0.3 is 12.1 Å². The van der Waals surface area contributed by atoms with Crippen LogP contribution in [0.1, 0.15) is 24.8 Å². The summed E-state index contributed by atoms with van der Waals surface area (Å²) in [7, 11) is 1.32. The van der Waals surface area contributed by atoms with Gasteiger partial charge in [-0.05, 0) is 53.4 Å². The largest absolute Gasteiger partial charge is 0.467 e. The van der Waals surface area contributed by atoms with Crippen molar-refractivity contribution < 1.29 is 22.7 Å². The SMILES string of the molecule is COC(=O)C1CCCCN1c1ccc(C(F)(F)F)cc1Br. The molecular formula is C14H15BrF3NO2. The van der Waals surface area contributed by atoms with Crippen LogP contribution in [-0.2, 0) is 15.7 Å². The zero-order valence-corrected chi connectivity index (χ0v) is 13.0. The summed E-state index contributed by atoms with van der Waals surface area (Å²) in [5.74, 6) is -0.360. The lowest BCUT2D eigenvalue weighted by molar-refractivity contribution is -0.142. The lowest BCUT2D eigenvalue weighted by atomic mass is 10.0. The second-order valence-electron chi connectivity index (χ2n) is 4.89. The van der Waals surface area contributed by atoms with Crippen molar-refractivity contribution in [2.24, 2.45) is 0 Å². The number of esters is 1. The molecule has 0 aromatic heterocycles. The first-order valence-corrected chi connectivity index (χ1v) is 7.35. The zero-order valence-electron chi connectivity index (χ0n) is 11.4. The number of ether oxygens (including phenoxy) is 1. The van der Waals surface area contributed by atoms with Crippen LogP contribution in [0.3, 0.4) is 0 Å². The van der Waals surface area contributed by atoms with E-state index in [4.69, 9.17) is 4.74 Å². The van der Waals surface area contributed by atoms with Gasteiger partial charge in [0.15, 0.2) is 0 Å². The van der Waals surface area contributed by atoms with Crippen molar-refractivity contribution in [1.29, 1.82) is 0 Å². The Bertz CT molecular complexity index is 533. The summed E-state index contributed by atoms with van der Waals surface area (Å²) in [6.45, 7) is 0.615. The van der Waals surface area contributed by atoms with E-state index in [0.717, 1.165) is 25.0 Å². The summed E-state index contributed by atoms with van der Waals surface area (Å²) in [5, 5.41) is 0. The molecule has 116 valence electrons. The van der Waals surface area contributed by atoms with E-state index in [2.05, 4.69) is 15.9 Å². The first-order valence-electron chi connectivity index (χ1n) is 6.56. The molecule has 0 spiro atoms. The van der Waals surface area contributed by atoms with E-state index in [9.17, 15) is 18.0 Å². The monoisotopic (exact) mass is 365 g/mol. The molecule has 0 radical (unpaired) electrons. The molecule has 0 amide bonds. The maximum absolute atomic E-state index is 12.7. The fourth-order valence-electron chi connectivity index (χ4n) is 2.52. The third kappa shape index (κ3) is 3.51. The fourth-order valence-corrected chi connectivity index (χ4v) is 3.12. The molecule has 1 aliphatic rings. The third-order valence-corrected chi connectivity index (χ3v) is 4.20. The van der Waals surface area contributed by atoms with Crippen LogP contribution in [-0.4, -0.2) is 25.7 Å². The van der Waals surface area contributed by atoms with Crippen molar-refractivity contribution in [2.45, 2.75) is 31.5 Å². The number of halogens is 4. The van der Waals surface area contributed by atoms with E-state index in [1.54, 1.807) is 4.90 Å². The Morgan fingerprint density at radius 1 is 1.38 bits per heavy atom. The molecule has 1 heterocycles. The Hall–Kier alpha value is -1.24. The molecule has 1 aromatic carbocycles. The maximum Gasteiger partial charge on any atom is 0.416 e. The molecule has 2 rings (SSSR count). The summed E-state index contributed by atoms with van der Waals surface area (Å²) >= 11 is 3.18. The smallest absolute Gasteiger partial charge is 0.416 e. The summed E-state index contributed by atoms with van der Waals surface area (Å²) < 4.78 is 43.2. The number of anilines is 1. The Morgan fingerprint density at radius 2 is 2.10 bits per heavy atom. The summed E-state index contributed by atoms with van der Waals surface area (Å²) in [6, 6.07) is 3.02. The number of nitrogens with zero attached hydrogens (tertiary/aromatic N) is 1. The number of alkyl halides is 3. The van der Waals surface area contributed by atoms with Gasteiger partial charge in [0.25, 0.3) is 0 Å². The van der Waals surface area contributed by atoms with Gasteiger partial charge in [0.05, 0.1) is 18.4 Å². The number of benzene rings is 1. The van der Waals surface area contributed by atoms with Gasteiger partial charge in [-0.1, -0.05) is 0 Å².